The maximum Gasteiger partial charge on any atom is 0.338 e. The van der Waals surface area contributed by atoms with Gasteiger partial charge in [0.1, 0.15) is 5.25 Å². The number of amidine groups is 1. The van der Waals surface area contributed by atoms with Crippen molar-refractivity contribution in [2.45, 2.75) is 25.1 Å². The average Bonchev–Trinajstić information content (AvgIpc) is 2.92. The molecule has 0 spiro atoms. The second kappa shape index (κ2) is 12.6. The molecule has 1 unspecified atom stereocenters. The Morgan fingerprint density at radius 1 is 1.05 bits per heavy atom. The number of carboxylic acids is 1. The number of carbonyl (C=O) groups excluding carboxylic acids is 3. The SMILES string of the molecule is CCOC(=O)c1ccc(N=C2SC(C(=O)Nc3ccc(C(=O)O)cc3)CC(=O)N2Cc2ccccc2Cl)cc1. The van der Waals surface area contributed by atoms with E-state index in [9.17, 15) is 19.2 Å². The van der Waals surface area contributed by atoms with Gasteiger partial charge in [-0.2, -0.15) is 0 Å². The molecule has 0 bridgehead atoms. The fourth-order valence-corrected chi connectivity index (χ4v) is 5.00. The number of rotatable bonds is 8. The molecule has 1 aliphatic heterocycles. The highest BCUT2D eigenvalue weighted by Crippen LogP contribution is 2.32. The molecule has 3 aromatic carbocycles. The highest BCUT2D eigenvalue weighted by Gasteiger charge is 2.36. The topological polar surface area (TPSA) is 125 Å². The van der Waals surface area contributed by atoms with Crippen LogP contribution in [-0.4, -0.2) is 50.8 Å². The fraction of sp³-hybridized carbons (Fsp3) is 0.179. The average molecular weight is 566 g/mol. The van der Waals surface area contributed by atoms with Gasteiger partial charge in [0, 0.05) is 17.1 Å². The van der Waals surface area contributed by atoms with Crippen LogP contribution in [0, 0.1) is 0 Å². The minimum atomic E-state index is -1.07. The van der Waals surface area contributed by atoms with Crippen LogP contribution in [0.15, 0.2) is 77.8 Å². The predicted molar refractivity (Wildman–Crippen MR) is 150 cm³/mol. The number of carbonyl (C=O) groups is 4. The molecule has 4 rings (SSSR count). The summed E-state index contributed by atoms with van der Waals surface area (Å²) in [6, 6.07) is 19.3. The molecule has 0 radical (unpaired) electrons. The Morgan fingerprint density at radius 3 is 2.36 bits per heavy atom. The first-order valence-electron chi connectivity index (χ1n) is 12.0. The molecule has 0 saturated carbocycles. The maximum atomic E-state index is 13.3. The van der Waals surface area contributed by atoms with Crippen molar-refractivity contribution in [1.82, 2.24) is 4.90 Å². The Bertz CT molecular complexity index is 1430. The molecule has 3 aromatic rings. The number of nitrogens with one attached hydrogen (secondary N) is 1. The van der Waals surface area contributed by atoms with Gasteiger partial charge in [0.05, 0.1) is 30.0 Å². The predicted octanol–water partition coefficient (Wildman–Crippen LogP) is 5.38. The summed E-state index contributed by atoms with van der Waals surface area (Å²) in [4.78, 5) is 55.6. The lowest BCUT2D eigenvalue weighted by Gasteiger charge is -2.32. The zero-order valence-electron chi connectivity index (χ0n) is 20.8. The van der Waals surface area contributed by atoms with Crippen LogP contribution in [0.25, 0.3) is 0 Å². The van der Waals surface area contributed by atoms with Crippen molar-refractivity contribution < 1.29 is 29.0 Å². The molecule has 1 atom stereocenters. The molecule has 39 heavy (non-hydrogen) atoms. The molecule has 1 fully saturated rings. The number of ether oxygens (including phenoxy) is 1. The minimum Gasteiger partial charge on any atom is -0.478 e. The summed E-state index contributed by atoms with van der Waals surface area (Å²) in [5.41, 5.74) is 2.07. The number of hydrogen-bond donors (Lipinski definition) is 2. The molecule has 1 aliphatic rings. The van der Waals surface area contributed by atoms with Gasteiger partial charge in [0.25, 0.3) is 0 Å². The molecule has 9 nitrogen and oxygen atoms in total. The number of amides is 2. The summed E-state index contributed by atoms with van der Waals surface area (Å²) in [6.07, 6.45) is -0.0744. The van der Waals surface area contributed by atoms with E-state index >= 15 is 0 Å². The number of aromatic carboxylic acids is 1. The van der Waals surface area contributed by atoms with E-state index < -0.39 is 23.1 Å². The smallest absolute Gasteiger partial charge is 0.338 e. The van der Waals surface area contributed by atoms with E-state index in [1.807, 2.05) is 12.1 Å². The van der Waals surface area contributed by atoms with Crippen molar-refractivity contribution >= 4 is 63.7 Å². The fourth-order valence-electron chi connectivity index (χ4n) is 3.71. The maximum absolute atomic E-state index is 13.3. The van der Waals surface area contributed by atoms with Gasteiger partial charge in [-0.15, -0.1) is 0 Å². The first kappa shape index (κ1) is 27.9. The molecule has 11 heteroatoms. The van der Waals surface area contributed by atoms with Gasteiger partial charge in [-0.25, -0.2) is 14.6 Å². The highest BCUT2D eigenvalue weighted by molar-refractivity contribution is 8.15. The summed E-state index contributed by atoms with van der Waals surface area (Å²) in [7, 11) is 0. The van der Waals surface area contributed by atoms with E-state index in [4.69, 9.17) is 21.4 Å². The van der Waals surface area contributed by atoms with Crippen LogP contribution in [0.2, 0.25) is 5.02 Å². The van der Waals surface area contributed by atoms with E-state index in [1.165, 1.54) is 29.2 Å². The van der Waals surface area contributed by atoms with Crippen molar-refractivity contribution in [3.05, 3.63) is 94.5 Å². The van der Waals surface area contributed by atoms with Crippen LogP contribution >= 0.6 is 23.4 Å². The number of benzene rings is 3. The quantitative estimate of drug-likeness (QED) is 0.351. The van der Waals surface area contributed by atoms with Crippen molar-refractivity contribution in [2.24, 2.45) is 4.99 Å². The molecule has 2 N–H and O–H groups in total. The van der Waals surface area contributed by atoms with Gasteiger partial charge in [-0.05, 0) is 67.1 Å². The third kappa shape index (κ3) is 7.04. The van der Waals surface area contributed by atoms with Crippen molar-refractivity contribution in [3.63, 3.8) is 0 Å². The molecule has 1 saturated heterocycles. The lowest BCUT2D eigenvalue weighted by atomic mass is 10.1. The van der Waals surface area contributed by atoms with Gasteiger partial charge >= 0.3 is 11.9 Å². The van der Waals surface area contributed by atoms with Gasteiger partial charge in [0.15, 0.2) is 5.17 Å². The van der Waals surface area contributed by atoms with Gasteiger partial charge in [-0.3, -0.25) is 14.5 Å². The van der Waals surface area contributed by atoms with Gasteiger partial charge < -0.3 is 15.2 Å². The summed E-state index contributed by atoms with van der Waals surface area (Å²) >= 11 is 7.47. The molecular formula is C28H24ClN3O6S. The number of carboxylic acid groups (broad SMARTS) is 1. The zero-order valence-corrected chi connectivity index (χ0v) is 22.4. The second-order valence-corrected chi connectivity index (χ2v) is 9.99. The Labute approximate surface area is 233 Å². The number of halogens is 1. The molecule has 0 aliphatic carbocycles. The number of hydrogen-bond acceptors (Lipinski definition) is 7. The van der Waals surface area contributed by atoms with E-state index in [0.717, 1.165) is 17.3 Å². The summed E-state index contributed by atoms with van der Waals surface area (Å²) < 4.78 is 5.02. The van der Waals surface area contributed by atoms with Crippen LogP contribution < -0.4 is 5.32 Å². The third-order valence-electron chi connectivity index (χ3n) is 5.72. The van der Waals surface area contributed by atoms with Crippen molar-refractivity contribution in [1.29, 1.82) is 0 Å². The van der Waals surface area contributed by atoms with E-state index in [-0.39, 0.29) is 31.0 Å². The number of anilines is 1. The van der Waals surface area contributed by atoms with Crippen LogP contribution in [0.5, 0.6) is 0 Å². The Hall–Kier alpha value is -4.15. The number of aliphatic imine (C=N–C) groups is 1. The van der Waals surface area contributed by atoms with Gasteiger partial charge in [0.2, 0.25) is 11.8 Å². The first-order valence-corrected chi connectivity index (χ1v) is 13.2. The summed E-state index contributed by atoms with van der Waals surface area (Å²) in [5.74, 6) is -2.25. The molecule has 2 amide bonds. The minimum absolute atomic E-state index is 0.0744. The normalized spacial score (nSPS) is 16.2. The molecule has 1 heterocycles. The largest absolute Gasteiger partial charge is 0.478 e. The van der Waals surface area contributed by atoms with Crippen molar-refractivity contribution in [3.8, 4) is 0 Å². The second-order valence-electron chi connectivity index (χ2n) is 8.42. The summed E-state index contributed by atoms with van der Waals surface area (Å²) in [6.45, 7) is 2.14. The highest BCUT2D eigenvalue weighted by atomic mass is 35.5. The first-order chi connectivity index (χ1) is 18.7. The van der Waals surface area contributed by atoms with Gasteiger partial charge in [-0.1, -0.05) is 41.6 Å². The number of esters is 1. The lowest BCUT2D eigenvalue weighted by molar-refractivity contribution is -0.129. The van der Waals surface area contributed by atoms with Crippen LogP contribution in [0.4, 0.5) is 11.4 Å². The monoisotopic (exact) mass is 565 g/mol. The third-order valence-corrected chi connectivity index (χ3v) is 7.28. The standard InChI is InChI=1S/C28H24ClN3O6S/c1-2-38-27(37)18-9-13-21(14-10-18)31-28-32(16-19-5-3-4-6-22(19)29)24(33)15-23(39-28)25(34)30-20-11-7-17(8-12-20)26(35)36/h3-14,23H,2,15-16H2,1H3,(H,30,34)(H,35,36). The molecular weight excluding hydrogens is 542 g/mol. The number of nitrogens with zero attached hydrogens (tertiary/aromatic N) is 2. The zero-order chi connectivity index (χ0) is 27.9. The van der Waals surface area contributed by atoms with E-state index in [2.05, 4.69) is 10.3 Å². The molecule has 0 aromatic heterocycles. The Balaban J connectivity index is 1.59. The number of thioether (sulfide) groups is 1. The van der Waals surface area contributed by atoms with E-state index in [0.29, 0.717) is 27.1 Å². The van der Waals surface area contributed by atoms with Crippen LogP contribution in [0.1, 0.15) is 39.6 Å². The Morgan fingerprint density at radius 2 is 1.72 bits per heavy atom. The van der Waals surface area contributed by atoms with Crippen LogP contribution in [-0.2, 0) is 20.9 Å². The molecule has 200 valence electrons. The summed E-state index contributed by atoms with van der Waals surface area (Å²) in [5, 5.41) is 11.8. The lowest BCUT2D eigenvalue weighted by Crippen LogP contribution is -2.44. The van der Waals surface area contributed by atoms with Crippen LogP contribution in [0.3, 0.4) is 0 Å². The van der Waals surface area contributed by atoms with E-state index in [1.54, 1.807) is 43.3 Å². The Kier molecular flexibility index (Phi) is 9.00. The van der Waals surface area contributed by atoms with Crippen molar-refractivity contribution in [2.75, 3.05) is 11.9 Å².